The third-order valence-corrected chi connectivity index (χ3v) is 2.74. The Labute approximate surface area is 92.3 Å². The minimum Gasteiger partial charge on any atom is -0.0887 e. The van der Waals surface area contributed by atoms with E-state index in [2.05, 4.69) is 13.8 Å². The highest BCUT2D eigenvalue weighted by Crippen LogP contribution is 2.12. The standard InChI is InChI=1S/C13H27B/c1-13(2)11-9-7-5-3-4-6-8-10-12-14/h13H,3-12H2,1-2H3. The lowest BCUT2D eigenvalue weighted by Gasteiger charge is -2.04. The molecule has 0 aromatic rings. The monoisotopic (exact) mass is 194 g/mol. The zero-order valence-corrected chi connectivity index (χ0v) is 10.2. The quantitative estimate of drug-likeness (QED) is 0.348. The Kier molecular flexibility index (Phi) is 11.2. The van der Waals surface area contributed by atoms with Gasteiger partial charge in [0.15, 0.2) is 0 Å². The van der Waals surface area contributed by atoms with Crippen molar-refractivity contribution in [2.45, 2.75) is 78.0 Å². The molecular weight excluding hydrogens is 167 g/mol. The molecule has 0 N–H and O–H groups in total. The molecule has 0 fully saturated rings. The minimum absolute atomic E-state index is 0.869. The molecule has 0 spiro atoms. The Morgan fingerprint density at radius 2 is 1.14 bits per heavy atom. The van der Waals surface area contributed by atoms with Crippen molar-refractivity contribution in [3.05, 3.63) is 0 Å². The first-order chi connectivity index (χ1) is 6.77. The molecule has 2 radical (unpaired) electrons. The second kappa shape index (κ2) is 11.1. The van der Waals surface area contributed by atoms with Crippen LogP contribution in [0.15, 0.2) is 0 Å². The maximum absolute atomic E-state index is 5.44. The van der Waals surface area contributed by atoms with Gasteiger partial charge in [0, 0.05) is 0 Å². The molecule has 1 heteroatoms. The zero-order valence-electron chi connectivity index (χ0n) is 10.2. The predicted octanol–water partition coefficient (Wildman–Crippen LogP) is 4.74. The number of hydrogen-bond donors (Lipinski definition) is 0. The van der Waals surface area contributed by atoms with Crippen LogP contribution in [0.1, 0.15) is 71.6 Å². The molecule has 0 aliphatic heterocycles. The van der Waals surface area contributed by atoms with Crippen molar-refractivity contribution >= 4 is 7.85 Å². The third-order valence-electron chi connectivity index (χ3n) is 2.74. The molecule has 0 rings (SSSR count). The van der Waals surface area contributed by atoms with Crippen LogP contribution in [0.2, 0.25) is 6.32 Å². The van der Waals surface area contributed by atoms with E-state index < -0.39 is 0 Å². The Morgan fingerprint density at radius 1 is 0.714 bits per heavy atom. The molecule has 0 aromatic carbocycles. The molecule has 0 saturated heterocycles. The van der Waals surface area contributed by atoms with E-state index in [9.17, 15) is 0 Å². The van der Waals surface area contributed by atoms with Crippen molar-refractivity contribution < 1.29 is 0 Å². The molecule has 0 atom stereocenters. The van der Waals surface area contributed by atoms with E-state index in [1.165, 1.54) is 57.8 Å². The molecule has 82 valence electrons. The maximum atomic E-state index is 5.44. The molecule has 0 aliphatic carbocycles. The van der Waals surface area contributed by atoms with E-state index in [-0.39, 0.29) is 0 Å². The Balaban J connectivity index is 2.85. The van der Waals surface area contributed by atoms with Gasteiger partial charge in [-0.3, -0.25) is 0 Å². The minimum atomic E-state index is 0.869. The van der Waals surface area contributed by atoms with Crippen LogP contribution in [-0.2, 0) is 0 Å². The van der Waals surface area contributed by atoms with E-state index in [1.54, 1.807) is 0 Å². The van der Waals surface area contributed by atoms with Crippen LogP contribution in [0.3, 0.4) is 0 Å². The first-order valence-electron chi connectivity index (χ1n) is 6.47. The molecular formula is C13H27B. The van der Waals surface area contributed by atoms with Crippen LogP contribution in [0.25, 0.3) is 0 Å². The van der Waals surface area contributed by atoms with Gasteiger partial charge < -0.3 is 0 Å². The summed E-state index contributed by atoms with van der Waals surface area (Å²) in [5.74, 6) is 0.888. The fraction of sp³-hybridized carbons (Fsp3) is 1.00. The van der Waals surface area contributed by atoms with Gasteiger partial charge >= 0.3 is 0 Å². The summed E-state index contributed by atoms with van der Waals surface area (Å²) < 4.78 is 0. The van der Waals surface area contributed by atoms with Gasteiger partial charge in [-0.15, -0.1) is 0 Å². The number of hydrogen-bond acceptors (Lipinski definition) is 0. The van der Waals surface area contributed by atoms with Crippen molar-refractivity contribution in [3.63, 3.8) is 0 Å². The molecule has 0 nitrogen and oxygen atoms in total. The van der Waals surface area contributed by atoms with Gasteiger partial charge in [0.25, 0.3) is 0 Å². The Morgan fingerprint density at radius 3 is 1.57 bits per heavy atom. The molecule has 0 saturated carbocycles. The van der Waals surface area contributed by atoms with Gasteiger partial charge in [0.2, 0.25) is 0 Å². The number of unbranched alkanes of at least 4 members (excludes halogenated alkanes) is 7. The SMILES string of the molecule is [B]CCCCCCCCCCC(C)C. The maximum Gasteiger partial charge on any atom is 0.0653 e. The molecule has 0 unspecified atom stereocenters. The molecule has 0 amide bonds. The Hall–Kier alpha value is 0.0649. The van der Waals surface area contributed by atoms with Crippen molar-refractivity contribution in [1.82, 2.24) is 0 Å². The van der Waals surface area contributed by atoms with Crippen molar-refractivity contribution in [1.29, 1.82) is 0 Å². The van der Waals surface area contributed by atoms with Gasteiger partial charge in [-0.1, -0.05) is 78.0 Å². The van der Waals surface area contributed by atoms with Crippen LogP contribution in [-0.4, -0.2) is 7.85 Å². The topological polar surface area (TPSA) is 0 Å². The van der Waals surface area contributed by atoms with Gasteiger partial charge in [0.05, 0.1) is 7.85 Å². The first-order valence-corrected chi connectivity index (χ1v) is 6.47. The van der Waals surface area contributed by atoms with Gasteiger partial charge in [-0.25, -0.2) is 0 Å². The summed E-state index contributed by atoms with van der Waals surface area (Å²) in [4.78, 5) is 0. The highest BCUT2D eigenvalue weighted by molar-refractivity contribution is 6.08. The normalized spacial score (nSPS) is 11.1. The average Bonchev–Trinajstić information content (AvgIpc) is 2.15. The van der Waals surface area contributed by atoms with E-state index in [4.69, 9.17) is 7.85 Å². The van der Waals surface area contributed by atoms with Crippen molar-refractivity contribution in [2.75, 3.05) is 0 Å². The second-order valence-corrected chi connectivity index (χ2v) is 4.80. The van der Waals surface area contributed by atoms with E-state index in [1.807, 2.05) is 0 Å². The van der Waals surface area contributed by atoms with E-state index in [0.717, 1.165) is 12.2 Å². The summed E-state index contributed by atoms with van der Waals surface area (Å²) in [6, 6.07) is 0. The van der Waals surface area contributed by atoms with Crippen LogP contribution < -0.4 is 0 Å². The fourth-order valence-electron chi connectivity index (χ4n) is 1.76. The summed E-state index contributed by atoms with van der Waals surface area (Å²) in [6.07, 6.45) is 13.4. The van der Waals surface area contributed by atoms with Crippen molar-refractivity contribution in [3.8, 4) is 0 Å². The largest absolute Gasteiger partial charge is 0.0887 e. The van der Waals surface area contributed by atoms with Crippen LogP contribution in [0, 0.1) is 5.92 Å². The number of rotatable bonds is 10. The predicted molar refractivity (Wildman–Crippen MR) is 67.0 cm³/mol. The zero-order chi connectivity index (χ0) is 10.6. The molecule has 0 aromatic heterocycles. The van der Waals surface area contributed by atoms with Crippen molar-refractivity contribution in [2.24, 2.45) is 5.92 Å². The van der Waals surface area contributed by atoms with Gasteiger partial charge in [-0.2, -0.15) is 0 Å². The lowest BCUT2D eigenvalue weighted by molar-refractivity contribution is 0.508. The molecule has 14 heavy (non-hydrogen) atoms. The lowest BCUT2D eigenvalue weighted by Crippen LogP contribution is -1.87. The van der Waals surface area contributed by atoms with Crippen LogP contribution in [0.4, 0.5) is 0 Å². The van der Waals surface area contributed by atoms with Gasteiger partial charge in [-0.05, 0) is 5.92 Å². The highest BCUT2D eigenvalue weighted by atomic mass is 14.0. The summed E-state index contributed by atoms with van der Waals surface area (Å²) >= 11 is 0. The molecule has 0 aliphatic rings. The summed E-state index contributed by atoms with van der Waals surface area (Å²) in [5.41, 5.74) is 0. The van der Waals surface area contributed by atoms with Crippen LogP contribution >= 0.6 is 0 Å². The van der Waals surface area contributed by atoms with Gasteiger partial charge in [0.1, 0.15) is 0 Å². The summed E-state index contributed by atoms with van der Waals surface area (Å²) in [6.45, 7) is 4.62. The molecule has 0 bridgehead atoms. The van der Waals surface area contributed by atoms with E-state index >= 15 is 0 Å². The smallest absolute Gasteiger partial charge is 0.0653 e. The molecule has 0 heterocycles. The van der Waals surface area contributed by atoms with Crippen LogP contribution in [0.5, 0.6) is 0 Å². The first kappa shape index (κ1) is 14.1. The Bertz CT molecular complexity index is 99.4. The highest BCUT2D eigenvalue weighted by Gasteiger charge is 1.94. The average molecular weight is 194 g/mol. The summed E-state index contributed by atoms with van der Waals surface area (Å²) in [7, 11) is 5.44. The second-order valence-electron chi connectivity index (χ2n) is 4.80. The lowest BCUT2D eigenvalue weighted by atomic mass is 9.98. The third kappa shape index (κ3) is 12.1. The fourth-order valence-corrected chi connectivity index (χ4v) is 1.76. The summed E-state index contributed by atoms with van der Waals surface area (Å²) in [5, 5.41) is 0. The van der Waals surface area contributed by atoms with E-state index in [0.29, 0.717) is 0 Å².